The molecule has 0 radical (unpaired) electrons. The number of nitrogens with zero attached hydrogens (tertiary/aromatic N) is 2. The minimum Gasteiger partial charge on any atom is -0.464 e. The third-order valence-electron chi connectivity index (χ3n) is 4.86. The van der Waals surface area contributed by atoms with Crippen molar-refractivity contribution in [3.8, 4) is 0 Å². The van der Waals surface area contributed by atoms with E-state index in [-0.39, 0.29) is 5.97 Å². The summed E-state index contributed by atoms with van der Waals surface area (Å²) in [5.74, 6) is -0.389. The minimum absolute atomic E-state index is 0.347. The van der Waals surface area contributed by atoms with Crippen molar-refractivity contribution in [1.29, 1.82) is 0 Å². The second kappa shape index (κ2) is 6.16. The zero-order valence-electron chi connectivity index (χ0n) is 13.0. The first-order valence-corrected chi connectivity index (χ1v) is 8.42. The van der Waals surface area contributed by atoms with E-state index in [2.05, 4.69) is 25.8 Å². The van der Waals surface area contributed by atoms with Crippen molar-refractivity contribution in [3.63, 3.8) is 0 Å². The van der Waals surface area contributed by atoms with E-state index in [0.29, 0.717) is 15.7 Å². The predicted octanol–water partition coefficient (Wildman–Crippen LogP) is 2.95. The first-order valence-electron chi connectivity index (χ1n) is 7.63. The third kappa shape index (κ3) is 2.86. The molecule has 0 atom stereocenters. The van der Waals surface area contributed by atoms with Crippen LogP contribution in [0.4, 0.5) is 5.69 Å². The van der Waals surface area contributed by atoms with Gasteiger partial charge in [-0.25, -0.2) is 9.78 Å². The topological polar surface area (TPSA) is 51.7 Å². The van der Waals surface area contributed by atoms with Crippen molar-refractivity contribution in [1.82, 2.24) is 4.98 Å². The van der Waals surface area contributed by atoms with Gasteiger partial charge in [0.1, 0.15) is 4.60 Å². The Kier molecular flexibility index (Phi) is 4.41. The lowest BCUT2D eigenvalue weighted by molar-refractivity contribution is 0.0594. The number of aromatic nitrogens is 1. The number of aryl methyl sites for hydroxylation is 1. The van der Waals surface area contributed by atoms with Gasteiger partial charge in [-0.05, 0) is 59.2 Å². The van der Waals surface area contributed by atoms with Crippen LogP contribution >= 0.6 is 15.9 Å². The van der Waals surface area contributed by atoms with Crippen LogP contribution < -0.4 is 4.90 Å². The van der Waals surface area contributed by atoms with Crippen molar-refractivity contribution in [3.05, 3.63) is 21.9 Å². The lowest BCUT2D eigenvalue weighted by atomic mass is 9.78. The third-order valence-corrected chi connectivity index (χ3v) is 5.66. The van der Waals surface area contributed by atoms with E-state index >= 15 is 0 Å². The fraction of sp³-hybridized carbons (Fsp3) is 0.625. The summed E-state index contributed by atoms with van der Waals surface area (Å²) in [4.78, 5) is 18.7. The molecule has 2 saturated heterocycles. The van der Waals surface area contributed by atoms with Crippen molar-refractivity contribution in [2.75, 3.05) is 38.3 Å². The average molecular weight is 369 g/mol. The Morgan fingerprint density at radius 3 is 2.73 bits per heavy atom. The van der Waals surface area contributed by atoms with Crippen LogP contribution in [-0.4, -0.2) is 44.4 Å². The lowest BCUT2D eigenvalue weighted by Gasteiger charge is -2.39. The molecule has 0 N–H and O–H groups in total. The smallest absolute Gasteiger partial charge is 0.358 e. The molecule has 0 aliphatic carbocycles. The Morgan fingerprint density at radius 1 is 1.41 bits per heavy atom. The second-order valence-corrected chi connectivity index (χ2v) is 7.00. The Hall–Kier alpha value is -1.14. The number of hydrogen-bond donors (Lipinski definition) is 0. The zero-order chi connectivity index (χ0) is 15.7. The van der Waals surface area contributed by atoms with Crippen molar-refractivity contribution < 1.29 is 14.3 Å². The van der Waals surface area contributed by atoms with Gasteiger partial charge >= 0.3 is 5.97 Å². The van der Waals surface area contributed by atoms with Crippen LogP contribution in [-0.2, 0) is 9.47 Å². The molecule has 5 nitrogen and oxygen atoms in total. The van der Waals surface area contributed by atoms with Crippen molar-refractivity contribution in [2.24, 2.45) is 5.41 Å². The van der Waals surface area contributed by atoms with Crippen LogP contribution in [0, 0.1) is 12.3 Å². The molecular weight excluding hydrogens is 348 g/mol. The molecule has 0 bridgehead atoms. The summed E-state index contributed by atoms with van der Waals surface area (Å²) in [6.07, 6.45) is 3.35. The van der Waals surface area contributed by atoms with Gasteiger partial charge in [0.2, 0.25) is 0 Å². The van der Waals surface area contributed by atoms with E-state index in [4.69, 9.17) is 9.47 Å². The number of anilines is 1. The summed E-state index contributed by atoms with van der Waals surface area (Å²) in [6.45, 7) is 5.60. The quantitative estimate of drug-likeness (QED) is 0.593. The van der Waals surface area contributed by atoms with Crippen LogP contribution in [0.2, 0.25) is 0 Å². The van der Waals surface area contributed by atoms with Crippen LogP contribution in [0.5, 0.6) is 0 Å². The molecule has 6 heteroatoms. The van der Waals surface area contributed by atoms with Crippen molar-refractivity contribution >= 4 is 27.6 Å². The van der Waals surface area contributed by atoms with Crippen LogP contribution in [0.1, 0.15) is 35.3 Å². The van der Waals surface area contributed by atoms with E-state index in [1.54, 1.807) is 0 Å². The molecule has 0 aromatic carbocycles. The highest BCUT2D eigenvalue weighted by Crippen LogP contribution is 2.40. The number of carbonyl (C=O) groups excluding carboxylic acids is 1. The molecule has 0 unspecified atom stereocenters. The number of esters is 1. The van der Waals surface area contributed by atoms with Crippen molar-refractivity contribution in [2.45, 2.75) is 26.2 Å². The van der Waals surface area contributed by atoms with Gasteiger partial charge in [0.15, 0.2) is 5.69 Å². The van der Waals surface area contributed by atoms with Crippen LogP contribution in [0.15, 0.2) is 10.7 Å². The van der Waals surface area contributed by atoms with E-state index in [0.717, 1.165) is 56.8 Å². The van der Waals surface area contributed by atoms with Crippen LogP contribution in [0.25, 0.3) is 0 Å². The Labute approximate surface area is 139 Å². The highest BCUT2D eigenvalue weighted by molar-refractivity contribution is 9.10. The fourth-order valence-corrected chi connectivity index (χ4v) is 3.62. The SMILES string of the molecule is COC(=O)c1nc(Br)c(C)cc1N1CCC2(CCOC2)CC1. The van der Waals surface area contributed by atoms with E-state index in [1.807, 2.05) is 13.0 Å². The maximum atomic E-state index is 12.0. The molecule has 3 heterocycles. The van der Waals surface area contributed by atoms with Gasteiger partial charge < -0.3 is 14.4 Å². The number of rotatable bonds is 2. The van der Waals surface area contributed by atoms with Gasteiger partial charge in [0, 0.05) is 19.7 Å². The molecular formula is C16H21BrN2O3. The number of carbonyl (C=O) groups is 1. The van der Waals surface area contributed by atoms with Gasteiger partial charge in [0.05, 0.1) is 19.4 Å². The van der Waals surface area contributed by atoms with Gasteiger partial charge in [-0.15, -0.1) is 0 Å². The molecule has 1 aromatic rings. The molecule has 2 fully saturated rings. The summed E-state index contributed by atoms with van der Waals surface area (Å²) in [5, 5.41) is 0. The maximum Gasteiger partial charge on any atom is 0.358 e. The molecule has 120 valence electrons. The monoisotopic (exact) mass is 368 g/mol. The molecule has 0 saturated carbocycles. The number of pyridine rings is 1. The number of methoxy groups -OCH3 is 1. The average Bonchev–Trinajstić information content (AvgIpc) is 2.98. The van der Waals surface area contributed by atoms with E-state index in [1.165, 1.54) is 7.11 Å². The summed E-state index contributed by atoms with van der Waals surface area (Å²) < 4.78 is 11.2. The van der Waals surface area contributed by atoms with Gasteiger partial charge in [-0.1, -0.05) is 0 Å². The lowest BCUT2D eigenvalue weighted by Crippen LogP contribution is -2.41. The number of halogens is 1. The predicted molar refractivity (Wildman–Crippen MR) is 87.3 cm³/mol. The first-order chi connectivity index (χ1) is 10.5. The van der Waals surface area contributed by atoms with Gasteiger partial charge in [-0.3, -0.25) is 0 Å². The number of piperidine rings is 1. The normalized spacial score (nSPS) is 20.4. The number of hydrogen-bond acceptors (Lipinski definition) is 5. The molecule has 1 aromatic heterocycles. The number of ether oxygens (including phenoxy) is 2. The maximum absolute atomic E-state index is 12.0. The Balaban J connectivity index is 1.85. The van der Waals surface area contributed by atoms with E-state index in [9.17, 15) is 4.79 Å². The zero-order valence-corrected chi connectivity index (χ0v) is 14.6. The molecule has 0 amide bonds. The fourth-order valence-electron chi connectivity index (χ4n) is 3.33. The molecule has 2 aliphatic rings. The Morgan fingerprint density at radius 2 is 2.14 bits per heavy atom. The highest BCUT2D eigenvalue weighted by Gasteiger charge is 2.38. The summed E-state index contributed by atoms with van der Waals surface area (Å²) >= 11 is 3.40. The standard InChI is InChI=1S/C16H21BrN2O3/c1-11-9-12(13(15(20)21-2)18-14(11)17)19-6-3-16(4-7-19)5-8-22-10-16/h9H,3-8,10H2,1-2H3. The summed E-state index contributed by atoms with van der Waals surface area (Å²) in [7, 11) is 1.39. The van der Waals surface area contributed by atoms with E-state index < -0.39 is 0 Å². The molecule has 2 aliphatic heterocycles. The molecule has 22 heavy (non-hydrogen) atoms. The Bertz CT molecular complexity index is 575. The highest BCUT2D eigenvalue weighted by atomic mass is 79.9. The van der Waals surface area contributed by atoms with Gasteiger partial charge in [-0.2, -0.15) is 0 Å². The summed E-state index contributed by atoms with van der Waals surface area (Å²) in [6, 6.07) is 2.02. The summed E-state index contributed by atoms with van der Waals surface area (Å²) in [5.41, 5.74) is 2.63. The minimum atomic E-state index is -0.389. The van der Waals surface area contributed by atoms with Gasteiger partial charge in [0.25, 0.3) is 0 Å². The molecule has 1 spiro atoms. The van der Waals surface area contributed by atoms with Crippen LogP contribution in [0.3, 0.4) is 0 Å². The first kappa shape index (κ1) is 15.7. The largest absolute Gasteiger partial charge is 0.464 e. The molecule has 3 rings (SSSR count). The second-order valence-electron chi connectivity index (χ2n) is 6.25.